The van der Waals surface area contributed by atoms with Gasteiger partial charge in [0.2, 0.25) is 0 Å². The summed E-state index contributed by atoms with van der Waals surface area (Å²) in [5.41, 5.74) is 1.08. The number of aliphatic carboxylic acids is 1. The molecule has 1 aliphatic rings. The SMILES string of the molecule is O=C(O)C(=O)C1CN(Cc2ccccc2)CCC1=O. The van der Waals surface area contributed by atoms with Gasteiger partial charge in [0, 0.05) is 26.1 Å². The number of carboxylic acid groups (broad SMARTS) is 1. The van der Waals surface area contributed by atoms with Gasteiger partial charge in [-0.05, 0) is 5.56 Å². The average molecular weight is 261 g/mol. The summed E-state index contributed by atoms with van der Waals surface area (Å²) in [7, 11) is 0. The maximum atomic E-state index is 11.6. The Bertz CT molecular complexity index is 497. The van der Waals surface area contributed by atoms with E-state index in [0.29, 0.717) is 13.1 Å². The molecule has 0 aliphatic carbocycles. The molecular formula is C14H15NO4. The first-order valence-electron chi connectivity index (χ1n) is 6.14. The van der Waals surface area contributed by atoms with Gasteiger partial charge in [0.1, 0.15) is 11.7 Å². The molecule has 1 saturated heterocycles. The second-order valence-electron chi connectivity index (χ2n) is 4.66. The highest BCUT2D eigenvalue weighted by Gasteiger charge is 2.35. The minimum absolute atomic E-state index is 0.193. The molecule has 0 bridgehead atoms. The number of rotatable bonds is 4. The van der Waals surface area contributed by atoms with E-state index in [-0.39, 0.29) is 18.7 Å². The first-order valence-corrected chi connectivity index (χ1v) is 6.14. The van der Waals surface area contributed by atoms with Crippen molar-refractivity contribution in [3.05, 3.63) is 35.9 Å². The smallest absolute Gasteiger partial charge is 0.372 e. The predicted octanol–water partition coefficient (Wildman–Crippen LogP) is 0.731. The lowest BCUT2D eigenvalue weighted by Crippen LogP contribution is -2.45. The quantitative estimate of drug-likeness (QED) is 0.639. The number of carbonyl (C=O) groups excluding carboxylic acids is 2. The van der Waals surface area contributed by atoms with E-state index in [1.54, 1.807) is 0 Å². The van der Waals surface area contributed by atoms with Crippen molar-refractivity contribution in [2.75, 3.05) is 13.1 Å². The van der Waals surface area contributed by atoms with Gasteiger partial charge in [0.05, 0.1) is 0 Å². The number of likely N-dealkylation sites (tertiary alicyclic amines) is 1. The molecule has 1 atom stereocenters. The monoisotopic (exact) mass is 261 g/mol. The minimum Gasteiger partial charge on any atom is -0.475 e. The van der Waals surface area contributed by atoms with Gasteiger partial charge in [-0.3, -0.25) is 14.5 Å². The Hall–Kier alpha value is -2.01. The van der Waals surface area contributed by atoms with Crippen LogP contribution < -0.4 is 0 Å². The highest BCUT2D eigenvalue weighted by molar-refractivity contribution is 6.37. The molecule has 5 nitrogen and oxygen atoms in total. The van der Waals surface area contributed by atoms with E-state index in [0.717, 1.165) is 5.56 Å². The van der Waals surface area contributed by atoms with Gasteiger partial charge in [-0.15, -0.1) is 0 Å². The average Bonchev–Trinajstić information content (AvgIpc) is 2.41. The number of benzene rings is 1. The van der Waals surface area contributed by atoms with Gasteiger partial charge in [-0.25, -0.2) is 4.79 Å². The van der Waals surface area contributed by atoms with Crippen LogP contribution in [0, 0.1) is 5.92 Å². The van der Waals surface area contributed by atoms with Crippen molar-refractivity contribution in [3.8, 4) is 0 Å². The number of carboxylic acids is 1. The van der Waals surface area contributed by atoms with Crippen molar-refractivity contribution < 1.29 is 19.5 Å². The molecule has 0 saturated carbocycles. The van der Waals surface area contributed by atoms with Crippen molar-refractivity contribution in [1.29, 1.82) is 0 Å². The fourth-order valence-electron chi connectivity index (χ4n) is 2.26. The third-order valence-corrected chi connectivity index (χ3v) is 3.28. The van der Waals surface area contributed by atoms with E-state index in [1.165, 1.54) is 0 Å². The summed E-state index contributed by atoms with van der Waals surface area (Å²) >= 11 is 0. The van der Waals surface area contributed by atoms with Crippen LogP contribution in [0.15, 0.2) is 30.3 Å². The Morgan fingerprint density at radius 1 is 1.26 bits per heavy atom. The van der Waals surface area contributed by atoms with Gasteiger partial charge in [0.15, 0.2) is 0 Å². The molecule has 1 aromatic carbocycles. The van der Waals surface area contributed by atoms with Crippen molar-refractivity contribution in [1.82, 2.24) is 4.90 Å². The first-order chi connectivity index (χ1) is 9.08. The number of Topliss-reactive ketones (excluding diaryl/α,β-unsaturated/α-hetero) is 2. The normalized spacial score (nSPS) is 20.2. The van der Waals surface area contributed by atoms with Gasteiger partial charge in [0.25, 0.3) is 5.78 Å². The number of hydrogen-bond donors (Lipinski definition) is 1. The van der Waals surface area contributed by atoms with Crippen molar-refractivity contribution >= 4 is 17.5 Å². The van der Waals surface area contributed by atoms with E-state index in [1.807, 2.05) is 35.2 Å². The summed E-state index contributed by atoms with van der Waals surface area (Å²) < 4.78 is 0. The molecule has 19 heavy (non-hydrogen) atoms. The van der Waals surface area contributed by atoms with E-state index in [9.17, 15) is 14.4 Å². The van der Waals surface area contributed by atoms with Gasteiger partial charge >= 0.3 is 5.97 Å². The molecule has 1 aromatic rings. The third kappa shape index (κ3) is 3.26. The zero-order valence-electron chi connectivity index (χ0n) is 10.4. The minimum atomic E-state index is -1.53. The van der Waals surface area contributed by atoms with E-state index in [2.05, 4.69) is 0 Å². The van der Waals surface area contributed by atoms with Crippen molar-refractivity contribution in [3.63, 3.8) is 0 Å². The van der Waals surface area contributed by atoms with Gasteiger partial charge in [-0.2, -0.15) is 0 Å². The van der Waals surface area contributed by atoms with Crippen LogP contribution in [0.4, 0.5) is 0 Å². The van der Waals surface area contributed by atoms with Crippen LogP contribution in [-0.4, -0.2) is 40.6 Å². The van der Waals surface area contributed by atoms with Crippen LogP contribution in [0.1, 0.15) is 12.0 Å². The van der Waals surface area contributed by atoms with E-state index < -0.39 is 17.7 Å². The van der Waals surface area contributed by atoms with Crippen LogP contribution in [0.25, 0.3) is 0 Å². The van der Waals surface area contributed by atoms with Crippen LogP contribution >= 0.6 is 0 Å². The second-order valence-corrected chi connectivity index (χ2v) is 4.66. The molecule has 1 fully saturated rings. The Kier molecular flexibility index (Phi) is 4.06. The van der Waals surface area contributed by atoms with Crippen LogP contribution in [0.5, 0.6) is 0 Å². The Labute approximate surface area is 110 Å². The number of carbonyl (C=O) groups is 3. The zero-order valence-corrected chi connectivity index (χ0v) is 10.4. The fraction of sp³-hybridized carbons (Fsp3) is 0.357. The summed E-state index contributed by atoms with van der Waals surface area (Å²) in [6.45, 7) is 1.38. The molecule has 0 amide bonds. The molecule has 1 N–H and O–H groups in total. The molecular weight excluding hydrogens is 246 g/mol. The van der Waals surface area contributed by atoms with Crippen LogP contribution in [0.2, 0.25) is 0 Å². The van der Waals surface area contributed by atoms with E-state index in [4.69, 9.17) is 5.11 Å². The van der Waals surface area contributed by atoms with Crippen LogP contribution in [0.3, 0.4) is 0 Å². The molecule has 1 heterocycles. The Morgan fingerprint density at radius 3 is 2.58 bits per heavy atom. The van der Waals surface area contributed by atoms with Gasteiger partial charge in [-0.1, -0.05) is 30.3 Å². The van der Waals surface area contributed by atoms with Crippen molar-refractivity contribution in [2.45, 2.75) is 13.0 Å². The number of ketones is 2. The summed E-state index contributed by atoms with van der Waals surface area (Å²) in [6.07, 6.45) is 0.233. The first kappa shape index (κ1) is 13.4. The maximum Gasteiger partial charge on any atom is 0.372 e. The summed E-state index contributed by atoms with van der Waals surface area (Å²) in [5.74, 6) is -3.81. The highest BCUT2D eigenvalue weighted by Crippen LogP contribution is 2.16. The largest absolute Gasteiger partial charge is 0.475 e. The molecule has 1 aliphatic heterocycles. The topological polar surface area (TPSA) is 74.7 Å². The molecule has 1 unspecified atom stereocenters. The lowest BCUT2D eigenvalue weighted by molar-refractivity contribution is -0.154. The fourth-order valence-corrected chi connectivity index (χ4v) is 2.26. The summed E-state index contributed by atoms with van der Waals surface area (Å²) in [6, 6.07) is 9.68. The van der Waals surface area contributed by atoms with E-state index >= 15 is 0 Å². The zero-order chi connectivity index (χ0) is 13.8. The Balaban J connectivity index is 2.03. The molecule has 2 rings (SSSR count). The lowest BCUT2D eigenvalue weighted by atomic mass is 9.92. The summed E-state index contributed by atoms with van der Waals surface area (Å²) in [4.78, 5) is 35.7. The van der Waals surface area contributed by atoms with Crippen molar-refractivity contribution in [2.24, 2.45) is 5.92 Å². The third-order valence-electron chi connectivity index (χ3n) is 3.28. The molecule has 0 spiro atoms. The standard InChI is InChI=1S/C14H15NO4/c16-12-6-7-15(8-10-4-2-1-3-5-10)9-11(12)13(17)14(18)19/h1-5,11H,6-9H2,(H,18,19). The molecule has 100 valence electrons. The number of hydrogen-bond acceptors (Lipinski definition) is 4. The summed E-state index contributed by atoms with van der Waals surface area (Å²) in [5, 5.41) is 8.71. The molecule has 0 radical (unpaired) electrons. The Morgan fingerprint density at radius 2 is 1.95 bits per heavy atom. The highest BCUT2D eigenvalue weighted by atomic mass is 16.4. The van der Waals surface area contributed by atoms with Gasteiger partial charge < -0.3 is 5.11 Å². The predicted molar refractivity (Wildman–Crippen MR) is 67.5 cm³/mol. The number of nitrogens with zero attached hydrogens (tertiary/aromatic N) is 1. The number of piperidine rings is 1. The lowest BCUT2D eigenvalue weighted by Gasteiger charge is -2.30. The van der Waals surface area contributed by atoms with Crippen LogP contribution in [-0.2, 0) is 20.9 Å². The second kappa shape index (κ2) is 5.75. The molecule has 0 aromatic heterocycles. The molecule has 5 heteroatoms. The maximum absolute atomic E-state index is 11.6.